The summed E-state index contributed by atoms with van der Waals surface area (Å²) in [6.07, 6.45) is 0. The van der Waals surface area contributed by atoms with Gasteiger partial charge in [-0.2, -0.15) is 10.5 Å². The number of hydrogen-bond donors (Lipinski definition) is 0. The Kier molecular flexibility index (Phi) is 9.61. The number of fused-ring (bicyclic) bond motifs is 4. The third kappa shape index (κ3) is 6.74. The lowest BCUT2D eigenvalue weighted by Gasteiger charge is -2.27. The molecule has 0 fully saturated rings. The summed E-state index contributed by atoms with van der Waals surface area (Å²) in [7, 11) is 0. The van der Waals surface area contributed by atoms with E-state index >= 15 is 0 Å². The molecule has 0 N–H and O–H groups in total. The highest BCUT2D eigenvalue weighted by atomic mass is 15.1. The van der Waals surface area contributed by atoms with Crippen molar-refractivity contribution in [1.29, 1.82) is 10.5 Å². The van der Waals surface area contributed by atoms with E-state index in [1.807, 2.05) is 54.6 Å². The van der Waals surface area contributed by atoms with Crippen molar-refractivity contribution in [3.8, 4) is 90.0 Å². The summed E-state index contributed by atoms with van der Waals surface area (Å²) in [5.41, 5.74) is 20.3. The Morgan fingerprint density at radius 1 is 0.269 bits per heavy atom. The second kappa shape index (κ2) is 16.4. The molecule has 11 aromatic carbocycles. The molecular formula is C64H39N3. The molecule has 0 aliphatic heterocycles. The van der Waals surface area contributed by atoms with E-state index in [1.165, 1.54) is 71.6 Å². The molecule has 0 unspecified atom stereocenters. The molecule has 0 atom stereocenters. The topological polar surface area (TPSA) is 50.8 Å². The van der Waals surface area contributed by atoms with Gasteiger partial charge in [0.15, 0.2) is 0 Å². The summed E-state index contributed by atoms with van der Waals surface area (Å²) in [4.78, 5) is 2.28. The largest absolute Gasteiger partial charge is 0.310 e. The number of hydrogen-bond acceptors (Lipinski definition) is 3. The van der Waals surface area contributed by atoms with Crippen LogP contribution in [0.2, 0.25) is 0 Å². The summed E-state index contributed by atoms with van der Waals surface area (Å²) in [5.74, 6) is 0. The molecule has 310 valence electrons. The Balaban J connectivity index is 1.03. The van der Waals surface area contributed by atoms with Crippen molar-refractivity contribution in [3.63, 3.8) is 0 Å². The fourth-order valence-corrected chi connectivity index (χ4v) is 10.3. The molecule has 67 heavy (non-hydrogen) atoms. The van der Waals surface area contributed by atoms with Gasteiger partial charge >= 0.3 is 0 Å². The zero-order valence-corrected chi connectivity index (χ0v) is 36.4. The van der Waals surface area contributed by atoms with Crippen LogP contribution in [0.4, 0.5) is 17.1 Å². The second-order valence-corrected chi connectivity index (χ2v) is 17.0. The molecule has 0 amide bonds. The van der Waals surface area contributed by atoms with Crippen LogP contribution in [-0.2, 0) is 0 Å². The van der Waals surface area contributed by atoms with Gasteiger partial charge in [0.2, 0.25) is 0 Å². The molecule has 0 spiro atoms. The number of nitrogens with zero attached hydrogens (tertiary/aromatic N) is 3. The number of anilines is 3. The number of para-hydroxylation sites is 1. The molecule has 3 heteroatoms. The summed E-state index contributed by atoms with van der Waals surface area (Å²) >= 11 is 0. The monoisotopic (exact) mass is 849 g/mol. The van der Waals surface area contributed by atoms with Gasteiger partial charge in [0.1, 0.15) is 0 Å². The minimum atomic E-state index is 0.597. The van der Waals surface area contributed by atoms with Gasteiger partial charge in [-0.15, -0.1) is 0 Å². The van der Waals surface area contributed by atoms with Gasteiger partial charge in [0.25, 0.3) is 0 Å². The van der Waals surface area contributed by atoms with Crippen molar-refractivity contribution >= 4 is 38.6 Å². The first-order chi connectivity index (χ1) is 33.1. The average Bonchev–Trinajstić information content (AvgIpc) is 3.73. The van der Waals surface area contributed by atoms with E-state index in [2.05, 4.69) is 199 Å². The van der Waals surface area contributed by atoms with Crippen molar-refractivity contribution in [2.24, 2.45) is 0 Å². The van der Waals surface area contributed by atoms with Crippen molar-refractivity contribution < 1.29 is 0 Å². The highest BCUT2D eigenvalue weighted by Crippen LogP contribution is 2.58. The van der Waals surface area contributed by atoms with Crippen LogP contribution in [0.25, 0.3) is 99.4 Å². The third-order valence-corrected chi connectivity index (χ3v) is 13.2. The van der Waals surface area contributed by atoms with Gasteiger partial charge in [0, 0.05) is 17.1 Å². The van der Waals surface area contributed by atoms with Crippen LogP contribution in [0.1, 0.15) is 11.1 Å². The maximum Gasteiger partial charge on any atom is 0.0991 e. The van der Waals surface area contributed by atoms with Crippen LogP contribution in [0.3, 0.4) is 0 Å². The molecule has 0 heterocycles. The van der Waals surface area contributed by atoms with Crippen LogP contribution < -0.4 is 4.90 Å². The molecule has 12 rings (SSSR count). The normalized spacial score (nSPS) is 11.3. The summed E-state index contributed by atoms with van der Waals surface area (Å²) < 4.78 is 0. The van der Waals surface area contributed by atoms with Crippen molar-refractivity contribution in [1.82, 2.24) is 0 Å². The van der Waals surface area contributed by atoms with Crippen LogP contribution in [0.15, 0.2) is 237 Å². The lowest BCUT2D eigenvalue weighted by atomic mass is 9.82. The molecule has 0 saturated carbocycles. The Hall–Kier alpha value is -9.28. The van der Waals surface area contributed by atoms with E-state index in [1.54, 1.807) is 0 Å². The number of nitriles is 2. The molecule has 11 aromatic rings. The van der Waals surface area contributed by atoms with E-state index in [-0.39, 0.29) is 0 Å². The molecule has 0 radical (unpaired) electrons. The summed E-state index contributed by atoms with van der Waals surface area (Å²) in [6.45, 7) is 0. The van der Waals surface area contributed by atoms with Gasteiger partial charge < -0.3 is 4.90 Å². The zero-order chi connectivity index (χ0) is 44.8. The predicted molar refractivity (Wildman–Crippen MR) is 277 cm³/mol. The SMILES string of the molecule is N#Cc1cccc(-c2cc(-c3cccc(C#N)c3)cc(N(c3ccccc3)c3ccc(-c4ccc5c6c(cccc46)-c4c-5c(-c5ccccc5)c5ccccc5c4-c4ccccc4)cc3)c2)c1. The number of rotatable bonds is 8. The van der Waals surface area contributed by atoms with Gasteiger partial charge in [-0.3, -0.25) is 0 Å². The smallest absolute Gasteiger partial charge is 0.0991 e. The van der Waals surface area contributed by atoms with Gasteiger partial charge in [0.05, 0.1) is 23.3 Å². The second-order valence-electron chi connectivity index (χ2n) is 17.0. The van der Waals surface area contributed by atoms with Gasteiger partial charge in [-0.25, -0.2) is 0 Å². The minimum absolute atomic E-state index is 0.597. The van der Waals surface area contributed by atoms with E-state index in [0.717, 1.165) is 44.9 Å². The minimum Gasteiger partial charge on any atom is -0.310 e. The van der Waals surface area contributed by atoms with Crippen LogP contribution >= 0.6 is 0 Å². The van der Waals surface area contributed by atoms with Crippen LogP contribution in [0, 0.1) is 22.7 Å². The van der Waals surface area contributed by atoms with Gasteiger partial charge in [-0.1, -0.05) is 170 Å². The molecule has 1 aliphatic rings. The van der Waals surface area contributed by atoms with Gasteiger partial charge in [-0.05, 0) is 166 Å². The summed E-state index contributed by atoms with van der Waals surface area (Å²) in [6, 6.07) is 88.1. The first-order valence-corrected chi connectivity index (χ1v) is 22.5. The summed E-state index contributed by atoms with van der Waals surface area (Å²) in [5, 5.41) is 24.7. The van der Waals surface area contributed by atoms with Crippen LogP contribution in [-0.4, -0.2) is 0 Å². The fourth-order valence-electron chi connectivity index (χ4n) is 10.3. The quantitative estimate of drug-likeness (QED) is 0.153. The van der Waals surface area contributed by atoms with Crippen LogP contribution in [0.5, 0.6) is 0 Å². The lowest BCUT2D eigenvalue weighted by Crippen LogP contribution is -2.10. The zero-order valence-electron chi connectivity index (χ0n) is 36.4. The standard InChI is InChI=1S/C64H39N3/c65-40-42-15-12-21-47(35-42)49-37-50(48-22-13-16-43(36-48)41-66)39-53(38-49)67(51-23-8-3-9-24-51)52-31-29-44(30-32-52)54-33-34-59-62-55(54)27-14-28-58(62)63-60(45-17-4-1-5-18-45)56-25-10-11-26-57(56)61(64(59)63)46-19-6-2-7-20-46/h1-39H. The number of benzene rings is 11. The third-order valence-electron chi connectivity index (χ3n) is 13.2. The Bertz CT molecular complexity index is 3640. The molecule has 0 bridgehead atoms. The van der Waals surface area contributed by atoms with E-state index in [9.17, 15) is 10.5 Å². The molecule has 0 saturated heterocycles. The Labute approximate surface area is 390 Å². The predicted octanol–water partition coefficient (Wildman–Crippen LogP) is 17.2. The molecular weight excluding hydrogens is 811 g/mol. The maximum absolute atomic E-state index is 9.83. The average molecular weight is 850 g/mol. The molecule has 0 aromatic heterocycles. The van der Waals surface area contributed by atoms with Crippen molar-refractivity contribution in [3.05, 3.63) is 248 Å². The lowest BCUT2D eigenvalue weighted by molar-refractivity contribution is 1.28. The van der Waals surface area contributed by atoms with Crippen molar-refractivity contribution in [2.75, 3.05) is 4.90 Å². The molecule has 1 aliphatic carbocycles. The maximum atomic E-state index is 9.83. The Morgan fingerprint density at radius 2 is 0.716 bits per heavy atom. The highest BCUT2D eigenvalue weighted by Gasteiger charge is 2.31. The van der Waals surface area contributed by atoms with Crippen molar-refractivity contribution in [2.45, 2.75) is 0 Å². The first kappa shape index (κ1) is 39.3. The fraction of sp³-hybridized carbons (Fsp3) is 0. The Morgan fingerprint density at radius 3 is 1.27 bits per heavy atom. The van der Waals surface area contributed by atoms with E-state index < -0.39 is 0 Å². The highest BCUT2D eigenvalue weighted by molar-refractivity contribution is 6.28. The first-order valence-electron chi connectivity index (χ1n) is 22.5. The van der Waals surface area contributed by atoms with E-state index in [4.69, 9.17) is 0 Å². The molecule has 3 nitrogen and oxygen atoms in total. The van der Waals surface area contributed by atoms with E-state index in [0.29, 0.717) is 11.1 Å².